The second-order valence-electron chi connectivity index (χ2n) is 6.94. The highest BCUT2D eigenvalue weighted by molar-refractivity contribution is 5.85. The van der Waals surface area contributed by atoms with Crippen LogP contribution in [0.1, 0.15) is 31.2 Å². The van der Waals surface area contributed by atoms with Crippen LogP contribution in [0.3, 0.4) is 0 Å². The van der Waals surface area contributed by atoms with Gasteiger partial charge in [-0.05, 0) is 56.6 Å². The molecule has 1 aromatic rings. The Bertz CT molecular complexity index is 528. The summed E-state index contributed by atoms with van der Waals surface area (Å²) in [7, 11) is 0. The normalized spacial score (nSPS) is 20.9. The average Bonchev–Trinajstić information content (AvgIpc) is 3.12. The van der Waals surface area contributed by atoms with Crippen molar-refractivity contribution in [2.24, 2.45) is 0 Å². The van der Waals surface area contributed by atoms with E-state index in [0.29, 0.717) is 12.5 Å². The summed E-state index contributed by atoms with van der Waals surface area (Å²) in [6.07, 6.45) is 5.26. The molecule has 1 N–H and O–H groups in total. The molecule has 2 aliphatic heterocycles. The Kier molecular flexibility index (Phi) is 8.13. The second-order valence-corrected chi connectivity index (χ2v) is 6.94. The molecule has 2 saturated heterocycles. The summed E-state index contributed by atoms with van der Waals surface area (Å²) < 4.78 is 13.0. The highest BCUT2D eigenvalue weighted by Gasteiger charge is 2.27. The van der Waals surface area contributed by atoms with Crippen molar-refractivity contribution in [1.82, 2.24) is 15.1 Å². The third kappa shape index (κ3) is 5.94. The first-order chi connectivity index (χ1) is 11.7. The van der Waals surface area contributed by atoms with Crippen LogP contribution < -0.4 is 5.32 Å². The molecule has 1 unspecified atom stereocenters. The van der Waals surface area contributed by atoms with Crippen LogP contribution in [0.4, 0.5) is 4.39 Å². The van der Waals surface area contributed by atoms with Gasteiger partial charge in [0.1, 0.15) is 5.82 Å². The molecular formula is C19H29ClFN3O. The van der Waals surface area contributed by atoms with Crippen molar-refractivity contribution >= 4 is 18.3 Å². The molecule has 25 heavy (non-hydrogen) atoms. The van der Waals surface area contributed by atoms with Crippen molar-refractivity contribution in [2.75, 3.05) is 39.3 Å². The Labute approximate surface area is 156 Å². The van der Waals surface area contributed by atoms with E-state index in [9.17, 15) is 9.18 Å². The molecule has 0 saturated carbocycles. The molecule has 6 heteroatoms. The van der Waals surface area contributed by atoms with Gasteiger partial charge in [0.2, 0.25) is 5.91 Å². The lowest BCUT2D eigenvalue weighted by atomic mass is 10.1. The molecule has 2 heterocycles. The summed E-state index contributed by atoms with van der Waals surface area (Å²) in [6.45, 7) is 5.94. The zero-order valence-corrected chi connectivity index (χ0v) is 15.6. The minimum absolute atomic E-state index is 0. The van der Waals surface area contributed by atoms with E-state index in [2.05, 4.69) is 15.1 Å². The van der Waals surface area contributed by atoms with Gasteiger partial charge < -0.3 is 15.1 Å². The number of hydrogen-bond donors (Lipinski definition) is 1. The third-order valence-electron chi connectivity index (χ3n) is 5.17. The number of benzene rings is 1. The van der Waals surface area contributed by atoms with Crippen LogP contribution in [0, 0.1) is 5.82 Å². The van der Waals surface area contributed by atoms with Crippen molar-refractivity contribution in [2.45, 2.75) is 38.1 Å². The Morgan fingerprint density at radius 1 is 1.20 bits per heavy atom. The average molecular weight is 370 g/mol. The second kappa shape index (κ2) is 10.1. The van der Waals surface area contributed by atoms with Crippen molar-refractivity contribution in [3.8, 4) is 0 Å². The molecule has 2 aliphatic rings. The summed E-state index contributed by atoms with van der Waals surface area (Å²) in [5, 5.41) is 3.36. The van der Waals surface area contributed by atoms with Crippen molar-refractivity contribution in [3.05, 3.63) is 35.6 Å². The summed E-state index contributed by atoms with van der Waals surface area (Å²) in [5.41, 5.74) is 0.885. The molecule has 0 aliphatic carbocycles. The smallest absolute Gasteiger partial charge is 0.227 e. The molecule has 0 radical (unpaired) electrons. The Hall–Kier alpha value is -1.17. The van der Waals surface area contributed by atoms with Crippen molar-refractivity contribution in [1.29, 1.82) is 0 Å². The van der Waals surface area contributed by atoms with Crippen LogP contribution in [-0.4, -0.2) is 61.0 Å². The molecule has 2 fully saturated rings. The van der Waals surface area contributed by atoms with Gasteiger partial charge in [0.15, 0.2) is 0 Å². The summed E-state index contributed by atoms with van der Waals surface area (Å²) >= 11 is 0. The number of hydrogen-bond acceptors (Lipinski definition) is 3. The first-order valence-corrected chi connectivity index (χ1v) is 9.19. The molecule has 0 bridgehead atoms. The standard InChI is InChI=1S/C19H28FN3O.ClH/c20-17-6-4-16(5-7-17)14-19(24)23(18-8-9-21-15-18)13-12-22-10-2-1-3-11-22;/h4-7,18,21H,1-3,8-15H2;1H. The fourth-order valence-electron chi connectivity index (χ4n) is 3.73. The van der Waals surface area contributed by atoms with E-state index >= 15 is 0 Å². The maximum atomic E-state index is 13.0. The minimum Gasteiger partial charge on any atom is -0.337 e. The highest BCUT2D eigenvalue weighted by atomic mass is 35.5. The van der Waals surface area contributed by atoms with Gasteiger partial charge in [0, 0.05) is 25.7 Å². The Morgan fingerprint density at radius 3 is 2.56 bits per heavy atom. The van der Waals surface area contributed by atoms with Crippen LogP contribution in [0.25, 0.3) is 0 Å². The number of nitrogens with one attached hydrogen (secondary N) is 1. The van der Waals surface area contributed by atoms with E-state index in [0.717, 1.165) is 51.3 Å². The van der Waals surface area contributed by atoms with Crippen LogP contribution >= 0.6 is 12.4 Å². The van der Waals surface area contributed by atoms with E-state index in [4.69, 9.17) is 0 Å². The van der Waals surface area contributed by atoms with Gasteiger partial charge in [-0.3, -0.25) is 4.79 Å². The van der Waals surface area contributed by atoms with Crippen LogP contribution in [0.15, 0.2) is 24.3 Å². The van der Waals surface area contributed by atoms with Gasteiger partial charge in [-0.1, -0.05) is 18.6 Å². The third-order valence-corrected chi connectivity index (χ3v) is 5.17. The fraction of sp³-hybridized carbons (Fsp3) is 0.632. The molecule has 1 atom stereocenters. The first kappa shape index (κ1) is 20.1. The van der Waals surface area contributed by atoms with Crippen molar-refractivity contribution < 1.29 is 9.18 Å². The number of halogens is 2. The first-order valence-electron chi connectivity index (χ1n) is 9.19. The SMILES string of the molecule is Cl.O=C(Cc1ccc(F)cc1)N(CCN1CCCCC1)C1CCNC1. The number of piperidine rings is 1. The topological polar surface area (TPSA) is 35.6 Å². The number of rotatable bonds is 6. The number of likely N-dealkylation sites (tertiary alicyclic amines) is 1. The highest BCUT2D eigenvalue weighted by Crippen LogP contribution is 2.14. The van der Waals surface area contributed by atoms with Gasteiger partial charge >= 0.3 is 0 Å². The lowest BCUT2D eigenvalue weighted by Gasteiger charge is -2.33. The van der Waals surface area contributed by atoms with Crippen LogP contribution in [-0.2, 0) is 11.2 Å². The molecule has 4 nitrogen and oxygen atoms in total. The quantitative estimate of drug-likeness (QED) is 0.836. The van der Waals surface area contributed by atoms with Crippen molar-refractivity contribution in [3.63, 3.8) is 0 Å². The number of amides is 1. The van der Waals surface area contributed by atoms with E-state index in [1.165, 1.54) is 31.4 Å². The summed E-state index contributed by atoms with van der Waals surface area (Å²) in [4.78, 5) is 17.4. The van der Waals surface area contributed by atoms with E-state index < -0.39 is 0 Å². The van der Waals surface area contributed by atoms with Gasteiger partial charge in [0.25, 0.3) is 0 Å². The molecule has 140 valence electrons. The lowest BCUT2D eigenvalue weighted by molar-refractivity contribution is -0.132. The van der Waals surface area contributed by atoms with Gasteiger partial charge in [-0.25, -0.2) is 4.39 Å². The number of nitrogens with zero attached hydrogens (tertiary/aromatic N) is 2. The molecule has 1 aromatic carbocycles. The zero-order valence-electron chi connectivity index (χ0n) is 14.8. The Morgan fingerprint density at radius 2 is 1.92 bits per heavy atom. The molecule has 0 spiro atoms. The maximum Gasteiger partial charge on any atom is 0.227 e. The number of carbonyl (C=O) groups excluding carboxylic acids is 1. The predicted molar refractivity (Wildman–Crippen MR) is 101 cm³/mol. The van der Waals surface area contributed by atoms with Gasteiger partial charge in [-0.15, -0.1) is 12.4 Å². The van der Waals surface area contributed by atoms with Crippen LogP contribution in [0.5, 0.6) is 0 Å². The molecular weight excluding hydrogens is 341 g/mol. The molecule has 1 amide bonds. The van der Waals surface area contributed by atoms with E-state index in [1.807, 2.05) is 0 Å². The maximum absolute atomic E-state index is 13.0. The lowest BCUT2D eigenvalue weighted by Crippen LogP contribution is -2.47. The Balaban J connectivity index is 0.00000225. The van der Waals surface area contributed by atoms with Crippen LogP contribution in [0.2, 0.25) is 0 Å². The largest absolute Gasteiger partial charge is 0.337 e. The minimum atomic E-state index is -0.256. The molecule has 0 aromatic heterocycles. The summed E-state index contributed by atoms with van der Waals surface area (Å²) in [6, 6.07) is 6.57. The van der Waals surface area contributed by atoms with Gasteiger partial charge in [0.05, 0.1) is 6.42 Å². The monoisotopic (exact) mass is 369 g/mol. The summed E-state index contributed by atoms with van der Waals surface area (Å²) in [5.74, 6) is -0.0968. The predicted octanol–water partition coefficient (Wildman–Crippen LogP) is 2.47. The fourth-order valence-corrected chi connectivity index (χ4v) is 3.73. The number of carbonyl (C=O) groups is 1. The zero-order chi connectivity index (χ0) is 16.8. The van der Waals surface area contributed by atoms with E-state index in [1.54, 1.807) is 12.1 Å². The molecule has 3 rings (SSSR count). The van der Waals surface area contributed by atoms with E-state index in [-0.39, 0.29) is 24.1 Å². The van der Waals surface area contributed by atoms with Gasteiger partial charge in [-0.2, -0.15) is 0 Å².